The van der Waals surface area contributed by atoms with Gasteiger partial charge in [-0.1, -0.05) is 0 Å². The lowest BCUT2D eigenvalue weighted by Gasteiger charge is -2.38. The molecule has 0 aromatic carbocycles. The highest BCUT2D eigenvalue weighted by Crippen LogP contribution is 2.42. The van der Waals surface area contributed by atoms with Gasteiger partial charge >= 0.3 is 0 Å². The van der Waals surface area contributed by atoms with Crippen molar-refractivity contribution in [3.63, 3.8) is 0 Å². The molecule has 24 heavy (non-hydrogen) atoms. The van der Waals surface area contributed by atoms with E-state index in [2.05, 4.69) is 20.0 Å². The Kier molecular flexibility index (Phi) is 3.51. The van der Waals surface area contributed by atoms with E-state index >= 15 is 0 Å². The second kappa shape index (κ2) is 5.58. The fraction of sp³-hybridized carbons (Fsp3) is 0.529. The molecule has 1 unspecified atom stereocenters. The molecule has 126 valence electrons. The van der Waals surface area contributed by atoms with Gasteiger partial charge in [-0.15, -0.1) is 0 Å². The fourth-order valence-corrected chi connectivity index (χ4v) is 3.84. The summed E-state index contributed by atoms with van der Waals surface area (Å²) in [6.07, 6.45) is 10.1. The molecule has 2 aliphatic rings. The van der Waals surface area contributed by atoms with E-state index in [1.165, 1.54) is 0 Å². The van der Waals surface area contributed by atoms with Gasteiger partial charge in [-0.05, 0) is 31.7 Å². The summed E-state index contributed by atoms with van der Waals surface area (Å²) in [5, 5.41) is 4.19. The van der Waals surface area contributed by atoms with E-state index in [1.54, 1.807) is 10.9 Å². The highest BCUT2D eigenvalue weighted by atomic mass is 16.2. The number of hydrogen-bond donors (Lipinski definition) is 0. The Morgan fingerprint density at radius 2 is 1.92 bits per heavy atom. The Labute approximate surface area is 141 Å². The summed E-state index contributed by atoms with van der Waals surface area (Å²) in [5.41, 5.74) is 1.62. The van der Waals surface area contributed by atoms with Crippen LogP contribution >= 0.6 is 0 Å². The molecule has 7 heteroatoms. The van der Waals surface area contributed by atoms with Gasteiger partial charge in [-0.2, -0.15) is 5.10 Å². The highest BCUT2D eigenvalue weighted by Gasteiger charge is 2.49. The molecule has 1 spiro atoms. The molecule has 0 N–H and O–H groups in total. The van der Waals surface area contributed by atoms with Gasteiger partial charge in [0.25, 0.3) is 0 Å². The summed E-state index contributed by atoms with van der Waals surface area (Å²) >= 11 is 0. The predicted octanol–water partition coefficient (Wildman–Crippen LogP) is 1.54. The van der Waals surface area contributed by atoms with Crippen molar-refractivity contribution in [3.05, 3.63) is 30.4 Å². The average molecular weight is 326 g/mol. The zero-order chi connectivity index (χ0) is 16.7. The van der Waals surface area contributed by atoms with Crippen LogP contribution in [0.2, 0.25) is 0 Å². The van der Waals surface area contributed by atoms with Crippen LogP contribution in [0.4, 0.5) is 11.6 Å². The van der Waals surface area contributed by atoms with Crippen LogP contribution in [-0.4, -0.2) is 45.3 Å². The molecular weight excluding hydrogens is 304 g/mol. The van der Waals surface area contributed by atoms with Crippen LogP contribution in [-0.2, 0) is 11.8 Å². The molecule has 4 heterocycles. The van der Waals surface area contributed by atoms with Gasteiger partial charge in [0.2, 0.25) is 11.9 Å². The third kappa shape index (κ3) is 2.44. The second-order valence-corrected chi connectivity index (χ2v) is 6.94. The van der Waals surface area contributed by atoms with Gasteiger partial charge in [0.1, 0.15) is 0 Å². The third-order valence-electron chi connectivity index (χ3n) is 5.14. The van der Waals surface area contributed by atoms with Gasteiger partial charge in [-0.25, -0.2) is 9.97 Å². The molecule has 2 aliphatic heterocycles. The first-order valence-electron chi connectivity index (χ1n) is 8.42. The maximum absolute atomic E-state index is 13.1. The molecular formula is C17H22N6O. The van der Waals surface area contributed by atoms with Crippen molar-refractivity contribution in [1.82, 2.24) is 19.7 Å². The monoisotopic (exact) mass is 326 g/mol. The first kappa shape index (κ1) is 15.1. The molecule has 4 rings (SSSR count). The maximum atomic E-state index is 13.1. The molecule has 0 radical (unpaired) electrons. The van der Waals surface area contributed by atoms with Crippen LogP contribution in [0, 0.1) is 12.3 Å². The van der Waals surface area contributed by atoms with Gasteiger partial charge in [-0.3, -0.25) is 9.48 Å². The number of carbonyl (C=O) groups is 1. The summed E-state index contributed by atoms with van der Waals surface area (Å²) < 4.78 is 1.74. The minimum absolute atomic E-state index is 0.215. The van der Waals surface area contributed by atoms with Gasteiger partial charge in [0.15, 0.2) is 0 Å². The minimum Gasteiger partial charge on any atom is -0.340 e. The van der Waals surface area contributed by atoms with Crippen molar-refractivity contribution in [2.24, 2.45) is 12.5 Å². The van der Waals surface area contributed by atoms with E-state index in [4.69, 9.17) is 0 Å². The van der Waals surface area contributed by atoms with Gasteiger partial charge < -0.3 is 9.80 Å². The molecule has 2 aromatic rings. The van der Waals surface area contributed by atoms with Gasteiger partial charge in [0, 0.05) is 45.3 Å². The normalized spacial score (nSPS) is 24.2. The van der Waals surface area contributed by atoms with Crippen LogP contribution in [0.1, 0.15) is 24.8 Å². The van der Waals surface area contributed by atoms with Crippen LogP contribution < -0.4 is 9.80 Å². The number of hydrogen-bond acceptors (Lipinski definition) is 5. The van der Waals surface area contributed by atoms with Crippen molar-refractivity contribution in [2.75, 3.05) is 29.4 Å². The first-order chi connectivity index (χ1) is 11.6. The molecule has 2 fully saturated rings. The maximum Gasteiger partial charge on any atom is 0.235 e. The lowest BCUT2D eigenvalue weighted by Crippen LogP contribution is -2.48. The number of amides is 1. The van der Waals surface area contributed by atoms with Crippen molar-refractivity contribution >= 4 is 17.5 Å². The van der Waals surface area contributed by atoms with E-state index in [0.29, 0.717) is 6.54 Å². The summed E-state index contributed by atoms with van der Waals surface area (Å²) in [7, 11) is 1.87. The van der Waals surface area contributed by atoms with Crippen molar-refractivity contribution in [3.8, 4) is 0 Å². The van der Waals surface area contributed by atoms with E-state index < -0.39 is 0 Å². The zero-order valence-electron chi connectivity index (χ0n) is 14.1. The third-order valence-corrected chi connectivity index (χ3v) is 5.14. The molecule has 1 atom stereocenters. The van der Waals surface area contributed by atoms with Crippen LogP contribution in [0.5, 0.6) is 0 Å². The highest BCUT2D eigenvalue weighted by molar-refractivity contribution is 6.00. The van der Waals surface area contributed by atoms with E-state index in [-0.39, 0.29) is 11.3 Å². The standard InChI is InChI=1S/C17H22N6O/c1-13-8-18-16(19-9-13)22-6-3-4-17(12-22)5-7-23(15(17)24)14-10-20-21(2)11-14/h8-11H,3-7,12H2,1-2H3. The smallest absolute Gasteiger partial charge is 0.235 e. The van der Waals surface area contributed by atoms with Crippen LogP contribution in [0.3, 0.4) is 0 Å². The summed E-state index contributed by atoms with van der Waals surface area (Å²) in [4.78, 5) is 26.1. The topological polar surface area (TPSA) is 67.2 Å². The van der Waals surface area contributed by atoms with E-state index in [9.17, 15) is 4.79 Å². The molecule has 0 bridgehead atoms. The largest absolute Gasteiger partial charge is 0.340 e. The number of aromatic nitrogens is 4. The number of rotatable bonds is 2. The number of carbonyl (C=O) groups excluding carboxylic acids is 1. The predicted molar refractivity (Wildman–Crippen MR) is 90.8 cm³/mol. The molecule has 1 amide bonds. The Balaban J connectivity index is 1.56. The number of nitrogens with zero attached hydrogens (tertiary/aromatic N) is 6. The SMILES string of the molecule is Cc1cnc(N2CCCC3(CCN(c4cnn(C)c4)C3=O)C2)nc1. The van der Waals surface area contributed by atoms with Gasteiger partial charge in [0.05, 0.1) is 17.3 Å². The number of aryl methyl sites for hydroxylation is 2. The summed E-state index contributed by atoms with van der Waals surface area (Å²) in [5.74, 6) is 0.944. The Morgan fingerprint density at radius 3 is 2.62 bits per heavy atom. The molecule has 0 aliphatic carbocycles. The molecule has 2 aromatic heterocycles. The minimum atomic E-state index is -0.317. The summed E-state index contributed by atoms with van der Waals surface area (Å²) in [6.45, 7) is 4.34. The van der Waals surface area contributed by atoms with Crippen LogP contribution in [0.25, 0.3) is 0 Å². The number of anilines is 2. The number of piperidine rings is 1. The van der Waals surface area contributed by atoms with E-state index in [1.807, 2.05) is 37.5 Å². The Morgan fingerprint density at radius 1 is 1.12 bits per heavy atom. The lowest BCUT2D eigenvalue weighted by molar-refractivity contribution is -0.126. The average Bonchev–Trinajstić information content (AvgIpc) is 3.13. The fourth-order valence-electron chi connectivity index (χ4n) is 3.84. The Bertz CT molecular complexity index is 755. The molecule has 0 saturated carbocycles. The van der Waals surface area contributed by atoms with Crippen molar-refractivity contribution in [1.29, 1.82) is 0 Å². The van der Waals surface area contributed by atoms with Crippen molar-refractivity contribution in [2.45, 2.75) is 26.2 Å². The summed E-state index contributed by atoms with van der Waals surface area (Å²) in [6, 6.07) is 0. The Hall–Kier alpha value is -2.44. The van der Waals surface area contributed by atoms with E-state index in [0.717, 1.165) is 49.6 Å². The van der Waals surface area contributed by atoms with Crippen molar-refractivity contribution < 1.29 is 4.79 Å². The quantitative estimate of drug-likeness (QED) is 0.837. The molecule has 7 nitrogen and oxygen atoms in total. The first-order valence-corrected chi connectivity index (χ1v) is 8.42. The van der Waals surface area contributed by atoms with Crippen LogP contribution in [0.15, 0.2) is 24.8 Å². The molecule has 2 saturated heterocycles. The zero-order valence-corrected chi connectivity index (χ0v) is 14.1. The lowest BCUT2D eigenvalue weighted by atomic mass is 9.78. The second-order valence-electron chi connectivity index (χ2n) is 6.94.